The maximum atomic E-state index is 10.0. The van der Waals surface area contributed by atoms with Crippen molar-refractivity contribution in [3.63, 3.8) is 0 Å². The van der Waals surface area contributed by atoms with E-state index in [1.165, 1.54) is 10.1 Å². The Bertz CT molecular complexity index is 516. The fourth-order valence-corrected chi connectivity index (χ4v) is 3.26. The van der Waals surface area contributed by atoms with Crippen molar-refractivity contribution in [2.75, 3.05) is 0 Å². The zero-order chi connectivity index (χ0) is 11.8. The minimum Gasteiger partial charge on any atom is -0.390 e. The van der Waals surface area contributed by atoms with E-state index in [9.17, 15) is 10.2 Å². The Morgan fingerprint density at radius 1 is 1.24 bits per heavy atom. The van der Waals surface area contributed by atoms with Crippen LogP contribution in [-0.2, 0) is 6.42 Å². The molecule has 1 aromatic carbocycles. The molecule has 1 aromatic heterocycles. The summed E-state index contributed by atoms with van der Waals surface area (Å²) >= 11 is 1.70. The molecule has 0 amide bonds. The highest BCUT2D eigenvalue weighted by Gasteiger charge is 2.34. The van der Waals surface area contributed by atoms with Crippen LogP contribution in [0.5, 0.6) is 0 Å². The lowest BCUT2D eigenvalue weighted by Gasteiger charge is -2.16. The van der Waals surface area contributed by atoms with Gasteiger partial charge in [-0.2, -0.15) is 0 Å². The fourth-order valence-electron chi connectivity index (χ4n) is 2.29. The molecule has 2 unspecified atom stereocenters. The van der Waals surface area contributed by atoms with Crippen LogP contribution in [0.1, 0.15) is 18.4 Å². The second-order valence-corrected chi connectivity index (χ2v) is 5.77. The Labute approximate surface area is 105 Å². The van der Waals surface area contributed by atoms with Crippen LogP contribution in [0.3, 0.4) is 0 Å². The van der Waals surface area contributed by atoms with Gasteiger partial charge >= 0.3 is 0 Å². The van der Waals surface area contributed by atoms with Gasteiger partial charge in [0.25, 0.3) is 0 Å². The number of aliphatic hydroxyl groups is 2. The van der Waals surface area contributed by atoms with Crippen LogP contribution in [0.4, 0.5) is 0 Å². The van der Waals surface area contributed by atoms with E-state index in [0.717, 1.165) is 18.4 Å². The third-order valence-electron chi connectivity index (χ3n) is 3.49. The first-order valence-corrected chi connectivity index (χ1v) is 6.95. The van der Waals surface area contributed by atoms with Crippen LogP contribution in [0.2, 0.25) is 0 Å². The molecule has 17 heavy (non-hydrogen) atoms. The summed E-state index contributed by atoms with van der Waals surface area (Å²) in [6.07, 6.45) is 1.50. The smallest absolute Gasteiger partial charge is 0.0842 e. The molecule has 2 nitrogen and oxygen atoms in total. The Morgan fingerprint density at radius 2 is 2.00 bits per heavy atom. The molecule has 0 radical (unpaired) electrons. The predicted molar refractivity (Wildman–Crippen MR) is 70.3 cm³/mol. The molecule has 2 atom stereocenters. The summed E-state index contributed by atoms with van der Waals surface area (Å²) < 4.78 is 1.25. The average molecular weight is 248 g/mol. The van der Waals surface area contributed by atoms with Crippen molar-refractivity contribution >= 4 is 21.4 Å². The molecule has 3 heteroatoms. The van der Waals surface area contributed by atoms with Crippen LogP contribution < -0.4 is 0 Å². The number of benzene rings is 1. The fraction of sp³-hybridized carbons (Fsp3) is 0.429. The molecule has 1 heterocycles. The van der Waals surface area contributed by atoms with Gasteiger partial charge in [0.05, 0.1) is 12.2 Å². The van der Waals surface area contributed by atoms with Gasteiger partial charge in [-0.05, 0) is 41.2 Å². The summed E-state index contributed by atoms with van der Waals surface area (Å²) in [7, 11) is 0. The number of rotatable bonds is 4. The van der Waals surface area contributed by atoms with Crippen molar-refractivity contribution in [2.45, 2.75) is 31.5 Å². The lowest BCUT2D eigenvalue weighted by molar-refractivity contribution is 0.00695. The molecule has 0 saturated heterocycles. The second kappa shape index (κ2) is 4.41. The van der Waals surface area contributed by atoms with Crippen LogP contribution in [0.15, 0.2) is 29.6 Å². The molecule has 0 aliphatic heterocycles. The Balaban J connectivity index is 1.79. The number of aliphatic hydroxyl groups excluding tert-OH is 2. The van der Waals surface area contributed by atoms with E-state index in [-0.39, 0.29) is 0 Å². The molecule has 2 N–H and O–H groups in total. The quantitative estimate of drug-likeness (QED) is 0.873. The van der Waals surface area contributed by atoms with Gasteiger partial charge in [-0.25, -0.2) is 0 Å². The Hall–Kier alpha value is -0.900. The standard InChI is InChI=1S/C14H16O2S/c15-12(14(16)9-5-6-9)7-10-8-17-13-4-2-1-3-11(10)13/h1-4,8-9,12,14-16H,5-7H2. The summed E-state index contributed by atoms with van der Waals surface area (Å²) in [5.74, 6) is 0.329. The lowest BCUT2D eigenvalue weighted by Crippen LogP contribution is -2.29. The molecular formula is C14H16O2S. The van der Waals surface area contributed by atoms with Gasteiger partial charge in [-0.15, -0.1) is 11.3 Å². The highest BCUT2D eigenvalue weighted by Crippen LogP contribution is 2.35. The second-order valence-electron chi connectivity index (χ2n) is 4.86. The van der Waals surface area contributed by atoms with Crippen molar-refractivity contribution in [3.05, 3.63) is 35.2 Å². The first-order valence-electron chi connectivity index (χ1n) is 6.07. The van der Waals surface area contributed by atoms with Crippen molar-refractivity contribution in [2.24, 2.45) is 5.92 Å². The minimum absolute atomic E-state index is 0.329. The van der Waals surface area contributed by atoms with E-state index in [1.807, 2.05) is 12.1 Å². The van der Waals surface area contributed by atoms with Crippen LogP contribution in [0.25, 0.3) is 10.1 Å². The third-order valence-corrected chi connectivity index (χ3v) is 4.50. The minimum atomic E-state index is -0.625. The zero-order valence-electron chi connectivity index (χ0n) is 9.54. The first kappa shape index (κ1) is 11.2. The van der Waals surface area contributed by atoms with Gasteiger partial charge in [0, 0.05) is 11.1 Å². The summed E-state index contributed by atoms with van der Waals surface area (Å²) in [6, 6.07) is 8.21. The lowest BCUT2D eigenvalue weighted by atomic mass is 10.0. The Kier molecular flexibility index (Phi) is 2.90. The van der Waals surface area contributed by atoms with Gasteiger partial charge < -0.3 is 10.2 Å². The van der Waals surface area contributed by atoms with Gasteiger partial charge in [0.15, 0.2) is 0 Å². The Morgan fingerprint density at radius 3 is 2.76 bits per heavy atom. The summed E-state index contributed by atoms with van der Waals surface area (Å²) in [6.45, 7) is 0. The highest BCUT2D eigenvalue weighted by molar-refractivity contribution is 7.17. The normalized spacial score (nSPS) is 19.4. The van der Waals surface area contributed by atoms with Crippen molar-refractivity contribution in [3.8, 4) is 0 Å². The predicted octanol–water partition coefficient (Wildman–Crippen LogP) is 2.58. The largest absolute Gasteiger partial charge is 0.390 e. The number of hydrogen-bond donors (Lipinski definition) is 2. The molecule has 1 aliphatic carbocycles. The van der Waals surface area contributed by atoms with E-state index < -0.39 is 12.2 Å². The van der Waals surface area contributed by atoms with Gasteiger partial charge in [0.1, 0.15) is 0 Å². The summed E-state index contributed by atoms with van der Waals surface area (Å²) in [5, 5.41) is 23.2. The molecule has 3 rings (SSSR count). The first-order chi connectivity index (χ1) is 8.25. The zero-order valence-corrected chi connectivity index (χ0v) is 10.4. The SMILES string of the molecule is OC(Cc1csc2ccccc12)C(O)C1CC1. The number of hydrogen-bond acceptors (Lipinski definition) is 3. The molecule has 1 fully saturated rings. The molecule has 1 aliphatic rings. The van der Waals surface area contributed by atoms with Gasteiger partial charge in [-0.3, -0.25) is 0 Å². The van der Waals surface area contributed by atoms with Crippen LogP contribution in [0, 0.1) is 5.92 Å². The maximum absolute atomic E-state index is 10.0. The average Bonchev–Trinajstić information content (AvgIpc) is 3.12. The van der Waals surface area contributed by atoms with Gasteiger partial charge in [-0.1, -0.05) is 18.2 Å². The summed E-state index contributed by atoms with van der Waals surface area (Å²) in [5.41, 5.74) is 1.15. The maximum Gasteiger partial charge on any atom is 0.0842 e. The molecule has 2 aromatic rings. The highest BCUT2D eigenvalue weighted by atomic mass is 32.1. The van der Waals surface area contributed by atoms with Crippen molar-refractivity contribution in [1.82, 2.24) is 0 Å². The topological polar surface area (TPSA) is 40.5 Å². The number of fused-ring (bicyclic) bond motifs is 1. The molecule has 1 saturated carbocycles. The monoisotopic (exact) mass is 248 g/mol. The van der Waals surface area contributed by atoms with E-state index in [4.69, 9.17) is 0 Å². The van der Waals surface area contributed by atoms with E-state index in [1.54, 1.807) is 11.3 Å². The molecule has 0 spiro atoms. The van der Waals surface area contributed by atoms with Crippen LogP contribution in [-0.4, -0.2) is 22.4 Å². The van der Waals surface area contributed by atoms with Crippen LogP contribution >= 0.6 is 11.3 Å². The third kappa shape index (κ3) is 2.23. The van der Waals surface area contributed by atoms with Gasteiger partial charge in [0.2, 0.25) is 0 Å². The number of thiophene rings is 1. The van der Waals surface area contributed by atoms with E-state index in [0.29, 0.717) is 12.3 Å². The van der Waals surface area contributed by atoms with Crippen molar-refractivity contribution < 1.29 is 10.2 Å². The summed E-state index contributed by atoms with van der Waals surface area (Å²) in [4.78, 5) is 0. The van der Waals surface area contributed by atoms with E-state index >= 15 is 0 Å². The van der Waals surface area contributed by atoms with E-state index in [2.05, 4.69) is 17.5 Å². The van der Waals surface area contributed by atoms with Crippen molar-refractivity contribution in [1.29, 1.82) is 0 Å². The molecule has 0 bridgehead atoms. The molecule has 90 valence electrons. The molecular weight excluding hydrogens is 232 g/mol.